The number of hydrogen-bond donors (Lipinski definition) is 2. The van der Waals surface area contributed by atoms with Crippen molar-refractivity contribution in [3.8, 4) is 0 Å². The second kappa shape index (κ2) is 6.92. The number of hydrogen-bond acceptors (Lipinski definition) is 3. The van der Waals surface area contributed by atoms with Crippen LogP contribution in [0.25, 0.3) is 0 Å². The van der Waals surface area contributed by atoms with Crippen LogP contribution in [0.1, 0.15) is 19.3 Å². The lowest BCUT2D eigenvalue weighted by atomic mass is 10.2. The first kappa shape index (κ1) is 10.5. The van der Waals surface area contributed by atoms with Crippen LogP contribution in [0.4, 0.5) is 0 Å². The van der Waals surface area contributed by atoms with E-state index < -0.39 is 0 Å². The van der Waals surface area contributed by atoms with Gasteiger partial charge in [0, 0.05) is 12.6 Å². The van der Waals surface area contributed by atoms with E-state index in [1.807, 2.05) is 0 Å². The van der Waals surface area contributed by atoms with Gasteiger partial charge in [0.15, 0.2) is 0 Å². The summed E-state index contributed by atoms with van der Waals surface area (Å²) in [5.74, 6) is 0. The summed E-state index contributed by atoms with van der Waals surface area (Å²) in [5, 5.41) is 6.86. The van der Waals surface area contributed by atoms with Crippen molar-refractivity contribution >= 4 is 0 Å². The average molecular weight is 184 g/mol. The minimum Gasteiger partial charge on any atom is -0.502 e. The highest BCUT2D eigenvalue weighted by molar-refractivity contribution is 4.75. The molecule has 0 bridgehead atoms. The quantitative estimate of drug-likeness (QED) is 0.455. The molecule has 3 heteroatoms. The molecule has 1 unspecified atom stereocenters. The molecule has 1 aliphatic heterocycles. The lowest BCUT2D eigenvalue weighted by Crippen LogP contribution is -2.34. The normalized spacial score (nSPS) is 21.7. The van der Waals surface area contributed by atoms with Crippen LogP contribution in [0.15, 0.2) is 12.8 Å². The van der Waals surface area contributed by atoms with E-state index in [-0.39, 0.29) is 0 Å². The number of ether oxygens (including phenoxy) is 1. The van der Waals surface area contributed by atoms with E-state index in [0.717, 1.165) is 26.1 Å². The molecule has 1 atom stereocenters. The summed E-state index contributed by atoms with van der Waals surface area (Å²) < 4.78 is 5.01. The van der Waals surface area contributed by atoms with Gasteiger partial charge in [0.2, 0.25) is 0 Å². The maximum absolute atomic E-state index is 5.01. The van der Waals surface area contributed by atoms with Crippen LogP contribution in [0, 0.1) is 0 Å². The highest BCUT2D eigenvalue weighted by atomic mass is 16.5. The van der Waals surface area contributed by atoms with E-state index in [4.69, 9.17) is 4.74 Å². The molecule has 1 rings (SSSR count). The summed E-state index contributed by atoms with van der Waals surface area (Å²) in [7, 11) is 0. The van der Waals surface area contributed by atoms with E-state index >= 15 is 0 Å². The minimum absolute atomic E-state index is 0.695. The Morgan fingerprint density at radius 2 is 2.54 bits per heavy atom. The zero-order chi connectivity index (χ0) is 9.36. The van der Waals surface area contributed by atoms with Crippen LogP contribution in [-0.2, 0) is 4.74 Å². The number of nitrogens with one attached hydrogen (secondary N) is 2. The monoisotopic (exact) mass is 184 g/mol. The zero-order valence-electron chi connectivity index (χ0n) is 8.22. The summed E-state index contributed by atoms with van der Waals surface area (Å²) in [6.45, 7) is 7.57. The molecule has 0 aromatic heterocycles. The van der Waals surface area contributed by atoms with Gasteiger partial charge in [-0.3, -0.25) is 0 Å². The van der Waals surface area contributed by atoms with Gasteiger partial charge >= 0.3 is 0 Å². The molecule has 76 valence electrons. The Balaban J connectivity index is 1.80. The van der Waals surface area contributed by atoms with Crippen LogP contribution in [-0.4, -0.2) is 32.3 Å². The SMILES string of the molecule is C=COCCCNCC1CCCN1. The van der Waals surface area contributed by atoms with Crippen molar-refractivity contribution in [2.24, 2.45) is 0 Å². The maximum atomic E-state index is 5.01. The first-order valence-corrected chi connectivity index (χ1v) is 5.10. The molecule has 0 saturated carbocycles. The minimum atomic E-state index is 0.695. The molecule has 0 aliphatic carbocycles. The average Bonchev–Trinajstić information content (AvgIpc) is 2.63. The summed E-state index contributed by atoms with van der Waals surface area (Å²) in [5.41, 5.74) is 0. The molecule has 0 aromatic rings. The van der Waals surface area contributed by atoms with Crippen molar-refractivity contribution in [3.05, 3.63) is 12.8 Å². The van der Waals surface area contributed by atoms with Gasteiger partial charge in [0.05, 0.1) is 12.9 Å². The molecule has 0 spiro atoms. The van der Waals surface area contributed by atoms with Gasteiger partial charge < -0.3 is 15.4 Å². The Kier molecular flexibility index (Phi) is 5.61. The van der Waals surface area contributed by atoms with Crippen LogP contribution < -0.4 is 10.6 Å². The van der Waals surface area contributed by atoms with Gasteiger partial charge in [-0.25, -0.2) is 0 Å². The molecule has 1 saturated heterocycles. The molecule has 1 fully saturated rings. The van der Waals surface area contributed by atoms with Gasteiger partial charge in [-0.2, -0.15) is 0 Å². The zero-order valence-corrected chi connectivity index (χ0v) is 8.22. The first-order chi connectivity index (χ1) is 6.43. The van der Waals surface area contributed by atoms with Gasteiger partial charge in [-0.15, -0.1) is 0 Å². The fourth-order valence-electron chi connectivity index (χ4n) is 1.57. The maximum Gasteiger partial charge on any atom is 0.0885 e. The molecule has 1 heterocycles. The molecule has 0 aromatic carbocycles. The summed E-state index contributed by atoms with van der Waals surface area (Å²) >= 11 is 0. The van der Waals surface area contributed by atoms with Crippen LogP contribution in [0.5, 0.6) is 0 Å². The van der Waals surface area contributed by atoms with E-state index in [1.54, 1.807) is 0 Å². The van der Waals surface area contributed by atoms with E-state index in [0.29, 0.717) is 6.04 Å². The van der Waals surface area contributed by atoms with Gasteiger partial charge in [0.1, 0.15) is 0 Å². The Morgan fingerprint density at radius 3 is 3.23 bits per heavy atom. The number of rotatable bonds is 7. The Labute approximate surface area is 80.5 Å². The van der Waals surface area contributed by atoms with E-state index in [1.165, 1.54) is 25.6 Å². The lowest BCUT2D eigenvalue weighted by molar-refractivity contribution is 0.244. The third-order valence-electron chi connectivity index (χ3n) is 2.29. The largest absolute Gasteiger partial charge is 0.502 e. The summed E-state index contributed by atoms with van der Waals surface area (Å²) in [6.07, 6.45) is 5.19. The topological polar surface area (TPSA) is 33.3 Å². The highest BCUT2D eigenvalue weighted by Crippen LogP contribution is 2.02. The van der Waals surface area contributed by atoms with Crippen molar-refractivity contribution in [3.63, 3.8) is 0 Å². The Bertz CT molecular complexity index is 133. The fourth-order valence-corrected chi connectivity index (χ4v) is 1.57. The van der Waals surface area contributed by atoms with Crippen molar-refractivity contribution in [2.45, 2.75) is 25.3 Å². The van der Waals surface area contributed by atoms with E-state index in [9.17, 15) is 0 Å². The predicted octanol–water partition coefficient (Wildman–Crippen LogP) is 0.878. The summed E-state index contributed by atoms with van der Waals surface area (Å²) in [4.78, 5) is 0. The predicted molar refractivity (Wildman–Crippen MR) is 54.7 cm³/mol. The molecular formula is C10H20N2O. The van der Waals surface area contributed by atoms with Gasteiger partial charge in [-0.1, -0.05) is 6.58 Å². The summed E-state index contributed by atoms with van der Waals surface area (Å²) in [6, 6.07) is 0.695. The van der Waals surface area contributed by atoms with Crippen molar-refractivity contribution in [1.82, 2.24) is 10.6 Å². The fraction of sp³-hybridized carbons (Fsp3) is 0.800. The third-order valence-corrected chi connectivity index (χ3v) is 2.29. The molecule has 0 radical (unpaired) electrons. The lowest BCUT2D eigenvalue weighted by Gasteiger charge is -2.10. The van der Waals surface area contributed by atoms with Gasteiger partial charge in [-0.05, 0) is 32.4 Å². The van der Waals surface area contributed by atoms with Crippen molar-refractivity contribution in [2.75, 3.05) is 26.2 Å². The Morgan fingerprint density at radius 1 is 1.62 bits per heavy atom. The molecule has 13 heavy (non-hydrogen) atoms. The van der Waals surface area contributed by atoms with Crippen LogP contribution >= 0.6 is 0 Å². The van der Waals surface area contributed by atoms with Crippen LogP contribution in [0.2, 0.25) is 0 Å². The first-order valence-electron chi connectivity index (χ1n) is 5.10. The Hall–Kier alpha value is -0.540. The van der Waals surface area contributed by atoms with Crippen molar-refractivity contribution in [1.29, 1.82) is 0 Å². The molecule has 2 N–H and O–H groups in total. The van der Waals surface area contributed by atoms with E-state index in [2.05, 4.69) is 17.2 Å². The highest BCUT2D eigenvalue weighted by Gasteiger charge is 2.12. The smallest absolute Gasteiger partial charge is 0.0885 e. The van der Waals surface area contributed by atoms with Crippen molar-refractivity contribution < 1.29 is 4.74 Å². The standard InChI is InChI=1S/C10H20N2O/c1-2-13-8-4-6-11-9-10-5-3-7-12-10/h2,10-12H,1,3-9H2. The van der Waals surface area contributed by atoms with Gasteiger partial charge in [0.25, 0.3) is 0 Å². The second-order valence-corrected chi connectivity index (χ2v) is 3.39. The second-order valence-electron chi connectivity index (χ2n) is 3.39. The third kappa shape index (κ3) is 4.90. The van der Waals surface area contributed by atoms with Crippen LogP contribution in [0.3, 0.4) is 0 Å². The molecule has 3 nitrogen and oxygen atoms in total. The molecule has 0 amide bonds. The molecular weight excluding hydrogens is 164 g/mol. The molecule has 1 aliphatic rings.